The van der Waals surface area contributed by atoms with E-state index in [0.717, 1.165) is 42.8 Å². The van der Waals surface area contributed by atoms with Crippen molar-refractivity contribution in [2.75, 3.05) is 19.8 Å². The van der Waals surface area contributed by atoms with Crippen molar-refractivity contribution in [1.82, 2.24) is 4.90 Å². The number of aliphatic hydroxyl groups excluding tert-OH is 1. The molecule has 0 spiro atoms. The van der Waals surface area contributed by atoms with Gasteiger partial charge in [-0.1, -0.05) is 18.3 Å². The van der Waals surface area contributed by atoms with Crippen LogP contribution in [0, 0.1) is 11.8 Å². The molecule has 2 rings (SSSR count). The van der Waals surface area contributed by atoms with Crippen LogP contribution < -0.4 is 0 Å². The number of rotatable bonds is 4. The fraction of sp³-hybridized carbons (Fsp3) is 0.562. The Kier molecular flexibility index (Phi) is 6.24. The van der Waals surface area contributed by atoms with Crippen LogP contribution in [0.25, 0.3) is 0 Å². The maximum Gasteiger partial charge on any atom is 0.323 e. The van der Waals surface area contributed by atoms with E-state index >= 15 is 0 Å². The van der Waals surface area contributed by atoms with E-state index in [-0.39, 0.29) is 18.6 Å². The highest BCUT2D eigenvalue weighted by molar-refractivity contribution is 7.10. The van der Waals surface area contributed by atoms with Gasteiger partial charge in [0.25, 0.3) is 0 Å². The molecule has 114 valence electrons. The van der Waals surface area contributed by atoms with Crippen molar-refractivity contribution < 1.29 is 14.6 Å². The molecule has 5 heteroatoms. The Balaban J connectivity index is 2.09. The number of carbonyl (C=O) groups is 1. The third kappa shape index (κ3) is 4.31. The predicted molar refractivity (Wildman–Crippen MR) is 83.0 cm³/mol. The normalized spacial score (nSPS) is 18.9. The van der Waals surface area contributed by atoms with Gasteiger partial charge < -0.3 is 9.84 Å². The Morgan fingerprint density at radius 3 is 3.19 bits per heavy atom. The van der Waals surface area contributed by atoms with Gasteiger partial charge in [-0.2, -0.15) is 0 Å². The van der Waals surface area contributed by atoms with Gasteiger partial charge >= 0.3 is 5.97 Å². The first kappa shape index (κ1) is 16.0. The average molecular weight is 307 g/mol. The lowest BCUT2D eigenvalue weighted by Gasteiger charge is -2.33. The van der Waals surface area contributed by atoms with Crippen LogP contribution in [0.4, 0.5) is 0 Å². The zero-order valence-corrected chi connectivity index (χ0v) is 13.1. The molecule has 0 saturated carbocycles. The Bertz CT molecular complexity index is 529. The van der Waals surface area contributed by atoms with E-state index < -0.39 is 0 Å². The van der Waals surface area contributed by atoms with Crippen molar-refractivity contribution in [2.45, 2.75) is 38.8 Å². The van der Waals surface area contributed by atoms with Gasteiger partial charge in [0.15, 0.2) is 0 Å². The molecule has 1 aromatic heterocycles. The third-order valence-corrected chi connectivity index (χ3v) is 4.47. The topological polar surface area (TPSA) is 49.8 Å². The number of ether oxygens (including phenoxy) is 1. The minimum Gasteiger partial charge on any atom is -0.465 e. The summed E-state index contributed by atoms with van der Waals surface area (Å²) < 4.78 is 5.19. The number of hydrogen-bond donors (Lipinski definition) is 1. The van der Waals surface area contributed by atoms with Crippen LogP contribution in [0.5, 0.6) is 0 Å². The lowest BCUT2D eigenvalue weighted by molar-refractivity contribution is -0.151. The number of esters is 1. The fourth-order valence-electron chi connectivity index (χ4n) is 2.58. The molecule has 1 N–H and O–H groups in total. The molecule has 0 amide bonds. The van der Waals surface area contributed by atoms with Gasteiger partial charge in [0, 0.05) is 17.0 Å². The first-order valence-electron chi connectivity index (χ1n) is 7.33. The van der Waals surface area contributed by atoms with Crippen LogP contribution in [0.2, 0.25) is 0 Å². The van der Waals surface area contributed by atoms with Gasteiger partial charge in [0.05, 0.1) is 6.61 Å². The second-order valence-electron chi connectivity index (χ2n) is 4.95. The summed E-state index contributed by atoms with van der Waals surface area (Å²) in [5.41, 5.74) is 0.947. The summed E-state index contributed by atoms with van der Waals surface area (Å²) in [5.74, 6) is 5.54. The van der Waals surface area contributed by atoms with E-state index in [4.69, 9.17) is 9.84 Å². The molecule has 1 fully saturated rings. The first-order valence-corrected chi connectivity index (χ1v) is 8.21. The second kappa shape index (κ2) is 8.18. The molecule has 1 atom stereocenters. The Labute approximate surface area is 129 Å². The van der Waals surface area contributed by atoms with Gasteiger partial charge in [-0.15, -0.1) is 11.3 Å². The summed E-state index contributed by atoms with van der Waals surface area (Å²) in [7, 11) is 0. The van der Waals surface area contributed by atoms with Crippen molar-refractivity contribution in [1.29, 1.82) is 0 Å². The van der Waals surface area contributed by atoms with Crippen LogP contribution in [-0.4, -0.2) is 41.8 Å². The van der Waals surface area contributed by atoms with E-state index in [1.54, 1.807) is 11.3 Å². The molecule has 0 bridgehead atoms. The summed E-state index contributed by atoms with van der Waals surface area (Å²) in [6.45, 7) is 3.76. The predicted octanol–water partition coefficient (Wildman–Crippen LogP) is 2.01. The molecule has 21 heavy (non-hydrogen) atoms. The van der Waals surface area contributed by atoms with Crippen LogP contribution in [0.3, 0.4) is 0 Å². The minimum atomic E-state index is -0.139. The van der Waals surface area contributed by atoms with Crippen LogP contribution in [-0.2, 0) is 16.1 Å². The second-order valence-corrected chi connectivity index (χ2v) is 5.95. The maximum atomic E-state index is 12.1. The highest BCUT2D eigenvalue weighted by atomic mass is 32.1. The van der Waals surface area contributed by atoms with Gasteiger partial charge in [0.1, 0.15) is 12.6 Å². The third-order valence-electron chi connectivity index (χ3n) is 3.57. The standard InChI is InChI=1S/C16H21NO3S/c1-2-20-16(19)14-7-3-4-9-17(14)12-15-13(6-5-10-18)8-11-21-15/h8,11,14,18H,2-4,7,9-10,12H2,1H3. The SMILES string of the molecule is CCOC(=O)C1CCCCN1Cc1sccc1C#CCO. The molecule has 1 aliphatic rings. The van der Waals surface area contributed by atoms with Crippen LogP contribution in [0.1, 0.15) is 36.6 Å². The van der Waals surface area contributed by atoms with Gasteiger partial charge in [-0.3, -0.25) is 9.69 Å². The summed E-state index contributed by atoms with van der Waals surface area (Å²) in [4.78, 5) is 15.4. The maximum absolute atomic E-state index is 12.1. The van der Waals surface area contributed by atoms with Crippen molar-refractivity contribution in [3.05, 3.63) is 21.9 Å². The number of aliphatic hydroxyl groups is 1. The molecular weight excluding hydrogens is 286 g/mol. The summed E-state index contributed by atoms with van der Waals surface area (Å²) in [5, 5.41) is 10.8. The summed E-state index contributed by atoms with van der Waals surface area (Å²) in [6.07, 6.45) is 3.04. The quantitative estimate of drug-likeness (QED) is 0.683. The van der Waals surface area contributed by atoms with Gasteiger partial charge in [-0.25, -0.2) is 0 Å². The number of likely N-dealkylation sites (tertiary alicyclic amines) is 1. The zero-order chi connectivity index (χ0) is 15.1. The smallest absolute Gasteiger partial charge is 0.323 e. The Hall–Kier alpha value is -1.35. The highest BCUT2D eigenvalue weighted by Crippen LogP contribution is 2.24. The fourth-order valence-corrected chi connectivity index (χ4v) is 3.43. The number of carbonyl (C=O) groups excluding carboxylic acids is 1. The van der Waals surface area contributed by atoms with E-state index in [1.165, 1.54) is 0 Å². The molecule has 1 saturated heterocycles. The molecule has 0 radical (unpaired) electrons. The average Bonchev–Trinajstić information content (AvgIpc) is 2.93. The lowest BCUT2D eigenvalue weighted by Crippen LogP contribution is -2.44. The van der Waals surface area contributed by atoms with Gasteiger partial charge in [0.2, 0.25) is 0 Å². The molecule has 2 heterocycles. The molecule has 1 unspecified atom stereocenters. The zero-order valence-electron chi connectivity index (χ0n) is 12.3. The highest BCUT2D eigenvalue weighted by Gasteiger charge is 2.30. The number of thiophene rings is 1. The summed E-state index contributed by atoms with van der Waals surface area (Å²) in [6, 6.07) is 1.82. The number of hydrogen-bond acceptors (Lipinski definition) is 5. The molecule has 1 aromatic rings. The Morgan fingerprint density at radius 1 is 1.57 bits per heavy atom. The Morgan fingerprint density at radius 2 is 2.43 bits per heavy atom. The van der Waals surface area contributed by atoms with E-state index in [0.29, 0.717) is 6.61 Å². The van der Waals surface area contributed by atoms with Crippen LogP contribution in [0.15, 0.2) is 11.4 Å². The monoisotopic (exact) mass is 307 g/mol. The van der Waals surface area contributed by atoms with Gasteiger partial charge in [-0.05, 0) is 37.8 Å². The molecular formula is C16H21NO3S. The number of piperidine rings is 1. The first-order chi connectivity index (χ1) is 10.3. The largest absolute Gasteiger partial charge is 0.465 e. The van der Waals surface area contributed by atoms with Crippen molar-refractivity contribution in [2.24, 2.45) is 0 Å². The van der Waals surface area contributed by atoms with E-state index in [2.05, 4.69) is 16.7 Å². The molecule has 1 aliphatic heterocycles. The van der Waals surface area contributed by atoms with Crippen LogP contribution >= 0.6 is 11.3 Å². The molecule has 4 nitrogen and oxygen atoms in total. The lowest BCUT2D eigenvalue weighted by atomic mass is 10.0. The van der Waals surface area contributed by atoms with Crippen molar-refractivity contribution in [3.8, 4) is 11.8 Å². The number of nitrogens with zero attached hydrogens (tertiary/aromatic N) is 1. The van der Waals surface area contributed by atoms with E-state index in [1.807, 2.05) is 18.4 Å². The molecule has 0 aromatic carbocycles. The summed E-state index contributed by atoms with van der Waals surface area (Å²) >= 11 is 1.64. The molecule has 0 aliphatic carbocycles. The minimum absolute atomic E-state index is 0.114. The van der Waals surface area contributed by atoms with Crippen molar-refractivity contribution >= 4 is 17.3 Å². The van der Waals surface area contributed by atoms with E-state index in [9.17, 15) is 4.79 Å². The van der Waals surface area contributed by atoms with Crippen molar-refractivity contribution in [3.63, 3.8) is 0 Å².